The van der Waals surface area contributed by atoms with Gasteiger partial charge in [-0.3, -0.25) is 4.79 Å². The van der Waals surface area contributed by atoms with Gasteiger partial charge in [0, 0.05) is 30.1 Å². The maximum Gasteiger partial charge on any atom is 0.162 e. The number of benzene rings is 1. The van der Waals surface area contributed by atoms with Crippen LogP contribution in [0.1, 0.15) is 48.9 Å². The largest absolute Gasteiger partial charge is 0.375 e. The summed E-state index contributed by atoms with van der Waals surface area (Å²) in [4.78, 5) is 18.9. The lowest BCUT2D eigenvalue weighted by atomic mass is 10.1. The molecule has 4 heteroatoms. The molecule has 4 nitrogen and oxygen atoms in total. The van der Waals surface area contributed by atoms with Gasteiger partial charge >= 0.3 is 0 Å². The number of hydrogen-bond donors (Lipinski definition) is 2. The van der Waals surface area contributed by atoms with E-state index >= 15 is 0 Å². The van der Waals surface area contributed by atoms with Crippen LogP contribution in [0, 0.1) is 0 Å². The molecule has 2 rings (SSSR count). The Hall–Kier alpha value is -2.10. The number of H-pyrrole nitrogens is 1. The Bertz CT molecular complexity index is 517. The fourth-order valence-electron chi connectivity index (χ4n) is 1.99. The zero-order chi connectivity index (χ0) is 13.7. The van der Waals surface area contributed by atoms with Gasteiger partial charge in [-0.1, -0.05) is 13.8 Å². The molecule has 100 valence electrons. The van der Waals surface area contributed by atoms with Crippen LogP contribution < -0.4 is 5.32 Å². The second-order valence-electron chi connectivity index (χ2n) is 4.43. The Morgan fingerprint density at radius 3 is 2.58 bits per heavy atom. The Morgan fingerprint density at radius 2 is 2.05 bits per heavy atom. The number of Topliss-reactive ketones (excluding diaryl/α,β-unsaturated/α-hetero) is 1. The van der Waals surface area contributed by atoms with Crippen molar-refractivity contribution in [2.24, 2.45) is 0 Å². The van der Waals surface area contributed by atoms with E-state index in [4.69, 9.17) is 0 Å². The summed E-state index contributed by atoms with van der Waals surface area (Å²) in [5, 5.41) is 3.41. The maximum atomic E-state index is 11.6. The maximum absolute atomic E-state index is 11.6. The van der Waals surface area contributed by atoms with Crippen LogP contribution in [0.3, 0.4) is 0 Å². The van der Waals surface area contributed by atoms with Crippen molar-refractivity contribution in [2.75, 3.05) is 5.32 Å². The monoisotopic (exact) mass is 257 g/mol. The van der Waals surface area contributed by atoms with Gasteiger partial charge in [0.05, 0.1) is 6.04 Å². The summed E-state index contributed by atoms with van der Waals surface area (Å²) in [7, 11) is 0. The van der Waals surface area contributed by atoms with Crippen LogP contribution >= 0.6 is 0 Å². The lowest BCUT2D eigenvalue weighted by Gasteiger charge is -2.16. The van der Waals surface area contributed by atoms with Crippen molar-refractivity contribution in [3.05, 3.63) is 48.0 Å². The van der Waals surface area contributed by atoms with Crippen molar-refractivity contribution in [1.29, 1.82) is 0 Å². The van der Waals surface area contributed by atoms with Gasteiger partial charge in [-0.05, 0) is 30.7 Å². The molecule has 0 bridgehead atoms. The van der Waals surface area contributed by atoms with Gasteiger partial charge in [0.2, 0.25) is 0 Å². The number of hydrogen-bond acceptors (Lipinski definition) is 3. The zero-order valence-corrected chi connectivity index (χ0v) is 11.3. The average molecular weight is 257 g/mol. The number of ketones is 1. The lowest BCUT2D eigenvalue weighted by molar-refractivity contribution is 0.0988. The highest BCUT2D eigenvalue weighted by Crippen LogP contribution is 2.20. The number of nitrogens with zero attached hydrogens (tertiary/aromatic N) is 1. The molecule has 0 aliphatic carbocycles. The molecule has 1 aromatic carbocycles. The van der Waals surface area contributed by atoms with Gasteiger partial charge in [0.1, 0.15) is 5.82 Å². The first-order valence-electron chi connectivity index (χ1n) is 6.63. The number of rotatable bonds is 6. The first-order chi connectivity index (χ1) is 9.24. The molecule has 1 unspecified atom stereocenters. The topological polar surface area (TPSA) is 57.8 Å². The molecule has 0 fully saturated rings. The molecular weight excluding hydrogens is 238 g/mol. The normalized spacial score (nSPS) is 12.1. The minimum Gasteiger partial charge on any atom is -0.375 e. The molecule has 0 radical (unpaired) electrons. The summed E-state index contributed by atoms with van der Waals surface area (Å²) < 4.78 is 0. The molecule has 1 atom stereocenters. The Balaban J connectivity index is 2.08. The molecule has 1 heterocycles. The summed E-state index contributed by atoms with van der Waals surface area (Å²) in [6.45, 7) is 3.98. The molecule has 19 heavy (non-hydrogen) atoms. The molecule has 0 aliphatic rings. The van der Waals surface area contributed by atoms with Crippen molar-refractivity contribution in [3.8, 4) is 0 Å². The van der Waals surface area contributed by atoms with Crippen molar-refractivity contribution in [1.82, 2.24) is 9.97 Å². The van der Waals surface area contributed by atoms with E-state index in [1.165, 1.54) is 0 Å². The van der Waals surface area contributed by atoms with Crippen LogP contribution in [0.2, 0.25) is 0 Å². The number of nitrogens with one attached hydrogen (secondary N) is 2. The third-order valence-electron chi connectivity index (χ3n) is 3.13. The fourth-order valence-corrected chi connectivity index (χ4v) is 1.99. The number of carbonyl (C=O) groups is 1. The van der Waals surface area contributed by atoms with Crippen molar-refractivity contribution in [3.63, 3.8) is 0 Å². The standard InChI is InChI=1S/C15H19N3O/c1-3-13(15-16-9-10-17-15)18-12-7-5-11(6-8-12)14(19)4-2/h5-10,13,18H,3-4H2,1-2H3,(H,16,17). The quantitative estimate of drug-likeness (QED) is 0.778. The number of aromatic nitrogens is 2. The molecular formula is C15H19N3O. The minimum absolute atomic E-state index is 0.155. The van der Waals surface area contributed by atoms with E-state index in [1.807, 2.05) is 37.4 Å². The Morgan fingerprint density at radius 1 is 1.32 bits per heavy atom. The third kappa shape index (κ3) is 3.22. The number of aromatic amines is 1. The minimum atomic E-state index is 0.155. The summed E-state index contributed by atoms with van der Waals surface area (Å²) in [6.07, 6.45) is 5.05. The molecule has 0 spiro atoms. The van der Waals surface area contributed by atoms with Crippen molar-refractivity contribution < 1.29 is 4.79 Å². The number of carbonyl (C=O) groups excluding carboxylic acids is 1. The van der Waals surface area contributed by atoms with E-state index in [1.54, 1.807) is 6.20 Å². The average Bonchev–Trinajstić information content (AvgIpc) is 2.98. The van der Waals surface area contributed by atoms with Gasteiger partial charge in [-0.25, -0.2) is 4.98 Å². The SMILES string of the molecule is CCC(=O)c1ccc(NC(CC)c2ncc[nH]2)cc1. The van der Waals surface area contributed by atoms with Crippen molar-refractivity contribution in [2.45, 2.75) is 32.7 Å². The summed E-state index contributed by atoms with van der Waals surface area (Å²) in [5.41, 5.74) is 1.76. The Kier molecular flexibility index (Phi) is 4.34. The van der Waals surface area contributed by atoms with Crippen LogP contribution in [-0.4, -0.2) is 15.8 Å². The van der Waals surface area contributed by atoms with E-state index in [-0.39, 0.29) is 11.8 Å². The molecule has 2 N–H and O–H groups in total. The fraction of sp³-hybridized carbons (Fsp3) is 0.333. The molecule has 0 amide bonds. The first-order valence-corrected chi connectivity index (χ1v) is 6.63. The van der Waals surface area contributed by atoms with Crippen LogP contribution in [0.4, 0.5) is 5.69 Å². The molecule has 2 aromatic rings. The highest BCUT2D eigenvalue weighted by Gasteiger charge is 2.11. The second-order valence-corrected chi connectivity index (χ2v) is 4.43. The number of anilines is 1. The highest BCUT2D eigenvalue weighted by molar-refractivity contribution is 5.96. The molecule has 0 saturated carbocycles. The summed E-state index contributed by atoms with van der Waals surface area (Å²) in [6, 6.07) is 7.76. The van der Waals surface area contributed by atoms with E-state index in [0.717, 1.165) is 23.5 Å². The predicted octanol–water partition coefficient (Wildman–Crippen LogP) is 3.57. The van der Waals surface area contributed by atoms with Gasteiger partial charge in [0.25, 0.3) is 0 Å². The van der Waals surface area contributed by atoms with Crippen LogP contribution in [0.5, 0.6) is 0 Å². The van der Waals surface area contributed by atoms with Crippen molar-refractivity contribution >= 4 is 11.5 Å². The van der Waals surface area contributed by atoms with E-state index in [2.05, 4.69) is 22.2 Å². The molecule has 0 saturated heterocycles. The summed E-state index contributed by atoms with van der Waals surface area (Å²) in [5.74, 6) is 1.10. The highest BCUT2D eigenvalue weighted by atomic mass is 16.1. The predicted molar refractivity (Wildman–Crippen MR) is 76.3 cm³/mol. The van der Waals surface area contributed by atoms with Gasteiger partial charge in [-0.2, -0.15) is 0 Å². The molecule has 0 aliphatic heterocycles. The lowest BCUT2D eigenvalue weighted by Crippen LogP contribution is -2.11. The Labute approximate surface area is 113 Å². The smallest absolute Gasteiger partial charge is 0.162 e. The van der Waals surface area contributed by atoms with Crippen LogP contribution in [0.15, 0.2) is 36.7 Å². The zero-order valence-electron chi connectivity index (χ0n) is 11.3. The third-order valence-corrected chi connectivity index (χ3v) is 3.13. The van der Waals surface area contributed by atoms with E-state index in [0.29, 0.717) is 6.42 Å². The summed E-state index contributed by atoms with van der Waals surface area (Å²) >= 11 is 0. The number of imidazole rings is 1. The molecule has 1 aromatic heterocycles. The van der Waals surface area contributed by atoms with E-state index < -0.39 is 0 Å². The second kappa shape index (κ2) is 6.18. The van der Waals surface area contributed by atoms with Gasteiger partial charge in [-0.15, -0.1) is 0 Å². The van der Waals surface area contributed by atoms with Crippen LogP contribution in [0.25, 0.3) is 0 Å². The van der Waals surface area contributed by atoms with Crippen LogP contribution in [-0.2, 0) is 0 Å². The first kappa shape index (κ1) is 13.3. The van der Waals surface area contributed by atoms with E-state index in [9.17, 15) is 4.79 Å². The van der Waals surface area contributed by atoms with Gasteiger partial charge < -0.3 is 10.3 Å². The van der Waals surface area contributed by atoms with Gasteiger partial charge in [0.15, 0.2) is 5.78 Å².